The number of ether oxygens (including phenoxy) is 1. The van der Waals surface area contributed by atoms with Crippen molar-refractivity contribution in [3.05, 3.63) is 23.4 Å². The van der Waals surface area contributed by atoms with Crippen LogP contribution in [0.15, 0.2) is 23.4 Å². The van der Waals surface area contributed by atoms with Crippen molar-refractivity contribution in [1.82, 2.24) is 5.32 Å². The van der Waals surface area contributed by atoms with Gasteiger partial charge in [0.25, 0.3) is 0 Å². The van der Waals surface area contributed by atoms with E-state index >= 15 is 0 Å². The molecule has 0 amide bonds. The summed E-state index contributed by atoms with van der Waals surface area (Å²) in [5, 5.41) is 19.6. The Hall–Kier alpha value is -2.29. The maximum absolute atomic E-state index is 11.4. The lowest BCUT2D eigenvalue weighted by atomic mass is 10.1. The van der Waals surface area contributed by atoms with Crippen LogP contribution in [0.1, 0.15) is 6.42 Å². The molecule has 0 saturated heterocycles. The number of hydrogen-bond donors (Lipinski definition) is 2. The number of carbonyl (C=O) groups excluding carboxylic acids is 1. The number of carboxylic acids is 1. The van der Waals surface area contributed by atoms with Crippen LogP contribution in [0.5, 0.6) is 0 Å². The monoisotopic (exact) mass is 222 g/mol. The van der Waals surface area contributed by atoms with E-state index in [9.17, 15) is 9.59 Å². The molecule has 0 aliphatic carbocycles. The van der Waals surface area contributed by atoms with Crippen molar-refractivity contribution in [1.29, 1.82) is 5.26 Å². The smallest absolute Gasteiger partial charge is 0.337 e. The molecular weight excluding hydrogens is 212 g/mol. The SMILES string of the molecule is N#CCCOC(=O)C1=CC(C(=O)O)=CNC1. The Labute approximate surface area is 91.8 Å². The molecule has 0 unspecified atom stereocenters. The van der Waals surface area contributed by atoms with E-state index in [1.54, 1.807) is 0 Å². The van der Waals surface area contributed by atoms with E-state index in [1.807, 2.05) is 6.07 Å². The molecule has 16 heavy (non-hydrogen) atoms. The van der Waals surface area contributed by atoms with Gasteiger partial charge in [-0.1, -0.05) is 0 Å². The lowest BCUT2D eigenvalue weighted by molar-refractivity contribution is -0.138. The molecule has 0 atom stereocenters. The molecule has 0 radical (unpaired) electrons. The van der Waals surface area contributed by atoms with Crippen molar-refractivity contribution in [2.75, 3.05) is 13.2 Å². The summed E-state index contributed by atoms with van der Waals surface area (Å²) in [6.07, 6.45) is 2.69. The topological polar surface area (TPSA) is 99.4 Å². The number of nitrogens with zero attached hydrogens (tertiary/aromatic N) is 1. The molecule has 0 aromatic rings. The Morgan fingerprint density at radius 3 is 3.00 bits per heavy atom. The van der Waals surface area contributed by atoms with Crippen molar-refractivity contribution in [3.63, 3.8) is 0 Å². The van der Waals surface area contributed by atoms with Crippen LogP contribution in [0.25, 0.3) is 0 Å². The maximum Gasteiger partial charge on any atom is 0.337 e. The summed E-state index contributed by atoms with van der Waals surface area (Å²) < 4.78 is 4.76. The molecule has 6 nitrogen and oxygen atoms in total. The van der Waals surface area contributed by atoms with Gasteiger partial charge >= 0.3 is 11.9 Å². The second-order valence-electron chi connectivity index (χ2n) is 3.00. The largest absolute Gasteiger partial charge is 0.478 e. The number of nitriles is 1. The van der Waals surface area contributed by atoms with Crippen LogP contribution >= 0.6 is 0 Å². The van der Waals surface area contributed by atoms with Crippen molar-refractivity contribution >= 4 is 11.9 Å². The summed E-state index contributed by atoms with van der Waals surface area (Å²) in [5.74, 6) is -1.72. The molecular formula is C10H10N2O4. The van der Waals surface area contributed by atoms with Crippen LogP contribution < -0.4 is 5.32 Å². The minimum absolute atomic E-state index is 0.00140. The van der Waals surface area contributed by atoms with E-state index in [2.05, 4.69) is 5.32 Å². The first-order valence-corrected chi connectivity index (χ1v) is 4.56. The summed E-state index contributed by atoms with van der Waals surface area (Å²) in [4.78, 5) is 22.0. The first-order valence-electron chi connectivity index (χ1n) is 4.56. The molecule has 0 fully saturated rings. The summed E-state index contributed by atoms with van der Waals surface area (Å²) in [6, 6.07) is 1.84. The number of aliphatic carboxylic acids is 1. The number of hydrogen-bond acceptors (Lipinski definition) is 5. The highest BCUT2D eigenvalue weighted by atomic mass is 16.5. The number of nitrogens with one attached hydrogen (secondary N) is 1. The highest BCUT2D eigenvalue weighted by molar-refractivity contribution is 5.96. The van der Waals surface area contributed by atoms with Gasteiger partial charge < -0.3 is 15.2 Å². The van der Waals surface area contributed by atoms with Crippen LogP contribution in [0.2, 0.25) is 0 Å². The quantitative estimate of drug-likeness (QED) is 0.510. The number of carboxylic acid groups (broad SMARTS) is 1. The number of carbonyl (C=O) groups is 2. The van der Waals surface area contributed by atoms with E-state index in [-0.39, 0.29) is 30.7 Å². The van der Waals surface area contributed by atoms with Crippen LogP contribution in [0.4, 0.5) is 0 Å². The fourth-order valence-electron chi connectivity index (χ4n) is 1.09. The summed E-state index contributed by atoms with van der Waals surface area (Å²) in [5.41, 5.74) is 0.233. The van der Waals surface area contributed by atoms with Crippen LogP contribution in [0.3, 0.4) is 0 Å². The van der Waals surface area contributed by atoms with Gasteiger partial charge in [0, 0.05) is 12.7 Å². The van der Waals surface area contributed by atoms with Gasteiger partial charge in [-0.2, -0.15) is 5.26 Å². The van der Waals surface area contributed by atoms with Gasteiger partial charge in [-0.05, 0) is 6.08 Å². The summed E-state index contributed by atoms with van der Waals surface area (Å²) >= 11 is 0. The second kappa shape index (κ2) is 5.56. The average Bonchev–Trinajstić information content (AvgIpc) is 2.29. The maximum atomic E-state index is 11.4. The molecule has 1 heterocycles. The van der Waals surface area contributed by atoms with Gasteiger partial charge in [0.15, 0.2) is 0 Å². The average molecular weight is 222 g/mol. The van der Waals surface area contributed by atoms with E-state index in [1.165, 1.54) is 12.3 Å². The van der Waals surface area contributed by atoms with Crippen molar-refractivity contribution in [2.24, 2.45) is 0 Å². The van der Waals surface area contributed by atoms with E-state index in [0.29, 0.717) is 0 Å². The molecule has 84 valence electrons. The lowest BCUT2D eigenvalue weighted by Gasteiger charge is -2.12. The zero-order valence-electron chi connectivity index (χ0n) is 8.40. The number of dihydropyridines is 1. The normalized spacial score (nSPS) is 13.9. The summed E-state index contributed by atoms with van der Waals surface area (Å²) in [6.45, 7) is 0.237. The van der Waals surface area contributed by atoms with Gasteiger partial charge in [0.2, 0.25) is 0 Å². The van der Waals surface area contributed by atoms with E-state index in [4.69, 9.17) is 15.1 Å². The summed E-state index contributed by atoms with van der Waals surface area (Å²) in [7, 11) is 0. The fraction of sp³-hybridized carbons (Fsp3) is 0.300. The highest BCUT2D eigenvalue weighted by Crippen LogP contribution is 2.08. The zero-order valence-corrected chi connectivity index (χ0v) is 8.40. The second-order valence-corrected chi connectivity index (χ2v) is 3.00. The molecule has 0 bridgehead atoms. The van der Waals surface area contributed by atoms with Gasteiger partial charge in [-0.25, -0.2) is 9.59 Å². The number of rotatable bonds is 4. The minimum Gasteiger partial charge on any atom is -0.478 e. The third-order valence-electron chi connectivity index (χ3n) is 1.84. The van der Waals surface area contributed by atoms with Gasteiger partial charge in [0.05, 0.1) is 23.6 Å². The van der Waals surface area contributed by atoms with Crippen molar-refractivity contribution in [2.45, 2.75) is 6.42 Å². The molecule has 0 spiro atoms. The third kappa shape index (κ3) is 3.13. The molecule has 0 saturated carbocycles. The minimum atomic E-state index is -1.12. The third-order valence-corrected chi connectivity index (χ3v) is 1.84. The van der Waals surface area contributed by atoms with Gasteiger partial charge in [0.1, 0.15) is 6.61 Å². The van der Waals surface area contributed by atoms with Crippen LogP contribution in [-0.4, -0.2) is 30.2 Å². The lowest BCUT2D eigenvalue weighted by Crippen LogP contribution is -2.24. The Bertz CT molecular complexity index is 404. The Morgan fingerprint density at radius 1 is 1.62 bits per heavy atom. The number of esters is 1. The van der Waals surface area contributed by atoms with Crippen molar-refractivity contribution in [3.8, 4) is 6.07 Å². The van der Waals surface area contributed by atoms with Crippen molar-refractivity contribution < 1.29 is 19.4 Å². The molecule has 6 heteroatoms. The predicted molar refractivity (Wildman–Crippen MR) is 53.0 cm³/mol. The Morgan fingerprint density at radius 2 is 2.38 bits per heavy atom. The highest BCUT2D eigenvalue weighted by Gasteiger charge is 2.17. The Kier molecular flexibility index (Phi) is 4.09. The Balaban J connectivity index is 2.60. The molecule has 2 N–H and O–H groups in total. The standard InChI is InChI=1S/C10H10N2O4/c11-2-1-3-16-10(15)8-4-7(9(13)14)5-12-6-8/h4-5,12H,1,3,6H2,(H,13,14). The molecule has 0 aromatic heterocycles. The molecule has 1 rings (SSSR count). The molecule has 1 aliphatic rings. The molecule has 1 aliphatic heterocycles. The van der Waals surface area contributed by atoms with E-state index in [0.717, 1.165) is 0 Å². The van der Waals surface area contributed by atoms with Gasteiger partial charge in [-0.15, -0.1) is 0 Å². The van der Waals surface area contributed by atoms with Crippen LogP contribution in [-0.2, 0) is 14.3 Å². The first-order chi connectivity index (χ1) is 7.65. The predicted octanol–water partition coefficient (Wildman–Crippen LogP) is -0.0586. The zero-order chi connectivity index (χ0) is 12.0. The van der Waals surface area contributed by atoms with Gasteiger partial charge in [-0.3, -0.25) is 0 Å². The fourth-order valence-corrected chi connectivity index (χ4v) is 1.09. The molecule has 0 aromatic carbocycles. The first kappa shape index (κ1) is 11.8. The van der Waals surface area contributed by atoms with E-state index < -0.39 is 11.9 Å². The van der Waals surface area contributed by atoms with Crippen LogP contribution in [0, 0.1) is 11.3 Å².